The molecule has 0 saturated carbocycles. The molecule has 5 heteroatoms. The van der Waals surface area contributed by atoms with Crippen molar-refractivity contribution in [2.75, 3.05) is 26.7 Å². The standard InChI is InChI=1S/C17H25FN2O2/c1-13(20-8-9-22-17(2,3)12-20)16(21)19(4)11-14-6-5-7-15(18)10-14/h5-7,10,13H,8-9,11-12H2,1-4H3. The van der Waals surface area contributed by atoms with E-state index in [0.717, 1.165) is 18.7 Å². The number of hydrogen-bond acceptors (Lipinski definition) is 3. The van der Waals surface area contributed by atoms with Gasteiger partial charge in [-0.15, -0.1) is 0 Å². The topological polar surface area (TPSA) is 32.8 Å². The summed E-state index contributed by atoms with van der Waals surface area (Å²) in [6.07, 6.45) is 0. The van der Waals surface area contributed by atoms with E-state index in [1.807, 2.05) is 26.8 Å². The molecule has 1 atom stereocenters. The molecule has 22 heavy (non-hydrogen) atoms. The van der Waals surface area contributed by atoms with E-state index in [9.17, 15) is 9.18 Å². The predicted molar refractivity (Wildman–Crippen MR) is 83.9 cm³/mol. The molecule has 1 fully saturated rings. The third-order valence-electron chi connectivity index (χ3n) is 4.05. The summed E-state index contributed by atoms with van der Waals surface area (Å²) < 4.78 is 18.9. The highest BCUT2D eigenvalue weighted by Gasteiger charge is 2.33. The number of morpholine rings is 1. The number of halogens is 1. The van der Waals surface area contributed by atoms with Crippen LogP contribution in [0.2, 0.25) is 0 Å². The minimum atomic E-state index is -0.277. The first kappa shape index (κ1) is 16.9. The molecule has 1 heterocycles. The van der Waals surface area contributed by atoms with Crippen LogP contribution >= 0.6 is 0 Å². The summed E-state index contributed by atoms with van der Waals surface area (Å²) in [6.45, 7) is 8.52. The van der Waals surface area contributed by atoms with Gasteiger partial charge in [0, 0.05) is 26.7 Å². The maximum Gasteiger partial charge on any atom is 0.239 e. The summed E-state index contributed by atoms with van der Waals surface area (Å²) in [7, 11) is 1.76. The van der Waals surface area contributed by atoms with Crippen LogP contribution < -0.4 is 0 Å². The van der Waals surface area contributed by atoms with Crippen LogP contribution in [0.1, 0.15) is 26.3 Å². The third-order valence-corrected chi connectivity index (χ3v) is 4.05. The summed E-state index contributed by atoms with van der Waals surface area (Å²) >= 11 is 0. The van der Waals surface area contributed by atoms with Crippen molar-refractivity contribution in [3.63, 3.8) is 0 Å². The Labute approximate surface area is 131 Å². The molecule has 0 radical (unpaired) electrons. The van der Waals surface area contributed by atoms with Gasteiger partial charge < -0.3 is 9.64 Å². The van der Waals surface area contributed by atoms with E-state index in [2.05, 4.69) is 4.90 Å². The number of likely N-dealkylation sites (N-methyl/N-ethyl adjacent to an activating group) is 1. The maximum atomic E-state index is 13.2. The number of benzene rings is 1. The number of rotatable bonds is 4. The van der Waals surface area contributed by atoms with Crippen molar-refractivity contribution in [3.05, 3.63) is 35.6 Å². The Kier molecular flexibility index (Phi) is 5.19. The molecule has 122 valence electrons. The summed E-state index contributed by atoms with van der Waals surface area (Å²) in [5.74, 6) is -0.233. The Morgan fingerprint density at radius 3 is 2.86 bits per heavy atom. The first-order valence-corrected chi connectivity index (χ1v) is 7.66. The Bertz CT molecular complexity index is 533. The molecule has 1 amide bonds. The van der Waals surface area contributed by atoms with Gasteiger partial charge in [-0.25, -0.2) is 4.39 Å². The summed E-state index contributed by atoms with van der Waals surface area (Å²) in [4.78, 5) is 16.4. The van der Waals surface area contributed by atoms with E-state index in [4.69, 9.17) is 4.74 Å². The number of hydrogen-bond donors (Lipinski definition) is 0. The van der Waals surface area contributed by atoms with Crippen LogP contribution in [-0.4, -0.2) is 54.1 Å². The van der Waals surface area contributed by atoms with Gasteiger partial charge in [0.1, 0.15) is 5.82 Å². The van der Waals surface area contributed by atoms with Gasteiger partial charge in [0.15, 0.2) is 0 Å². The highest BCUT2D eigenvalue weighted by molar-refractivity contribution is 5.81. The number of amides is 1. The molecule has 1 aliphatic rings. The van der Waals surface area contributed by atoms with Crippen LogP contribution in [-0.2, 0) is 16.1 Å². The van der Waals surface area contributed by atoms with E-state index in [1.54, 1.807) is 18.0 Å². The zero-order chi connectivity index (χ0) is 16.3. The van der Waals surface area contributed by atoms with Crippen LogP contribution in [0.15, 0.2) is 24.3 Å². The van der Waals surface area contributed by atoms with Crippen LogP contribution in [0, 0.1) is 5.82 Å². The fraction of sp³-hybridized carbons (Fsp3) is 0.588. The van der Waals surface area contributed by atoms with Crippen molar-refractivity contribution < 1.29 is 13.9 Å². The average Bonchev–Trinajstić information content (AvgIpc) is 2.44. The highest BCUT2D eigenvalue weighted by Crippen LogP contribution is 2.19. The van der Waals surface area contributed by atoms with Gasteiger partial charge in [0.05, 0.1) is 18.2 Å². The van der Waals surface area contributed by atoms with E-state index < -0.39 is 0 Å². The van der Waals surface area contributed by atoms with Crippen LogP contribution in [0.5, 0.6) is 0 Å². The van der Waals surface area contributed by atoms with Gasteiger partial charge in [-0.2, -0.15) is 0 Å². The zero-order valence-corrected chi connectivity index (χ0v) is 13.8. The largest absolute Gasteiger partial charge is 0.373 e. The highest BCUT2D eigenvalue weighted by atomic mass is 19.1. The van der Waals surface area contributed by atoms with Gasteiger partial charge in [-0.3, -0.25) is 9.69 Å². The Balaban J connectivity index is 1.97. The normalized spacial score (nSPS) is 19.7. The molecule has 0 aromatic heterocycles. The Morgan fingerprint density at radius 2 is 2.23 bits per heavy atom. The lowest BCUT2D eigenvalue weighted by Gasteiger charge is -2.41. The number of carbonyl (C=O) groups excluding carboxylic acids is 1. The van der Waals surface area contributed by atoms with E-state index in [-0.39, 0.29) is 23.4 Å². The molecule has 0 N–H and O–H groups in total. The zero-order valence-electron chi connectivity index (χ0n) is 13.8. The second kappa shape index (κ2) is 6.75. The van der Waals surface area contributed by atoms with Gasteiger partial charge in [0.2, 0.25) is 5.91 Å². The van der Waals surface area contributed by atoms with Crippen molar-refractivity contribution >= 4 is 5.91 Å². The quantitative estimate of drug-likeness (QED) is 0.855. The van der Waals surface area contributed by atoms with E-state index >= 15 is 0 Å². The minimum Gasteiger partial charge on any atom is -0.373 e. The lowest BCUT2D eigenvalue weighted by atomic mass is 10.1. The fourth-order valence-corrected chi connectivity index (χ4v) is 2.85. The van der Waals surface area contributed by atoms with Crippen molar-refractivity contribution in [1.82, 2.24) is 9.80 Å². The lowest BCUT2D eigenvalue weighted by Crippen LogP contribution is -2.55. The van der Waals surface area contributed by atoms with E-state index in [0.29, 0.717) is 13.2 Å². The number of carbonyl (C=O) groups is 1. The first-order chi connectivity index (χ1) is 10.3. The molecule has 1 aromatic rings. The van der Waals surface area contributed by atoms with Crippen LogP contribution in [0.4, 0.5) is 4.39 Å². The molecule has 2 rings (SSSR count). The second-order valence-electron chi connectivity index (χ2n) is 6.58. The molecule has 1 aromatic carbocycles. The fourth-order valence-electron chi connectivity index (χ4n) is 2.85. The van der Waals surface area contributed by atoms with Gasteiger partial charge >= 0.3 is 0 Å². The van der Waals surface area contributed by atoms with Crippen molar-refractivity contribution in [1.29, 1.82) is 0 Å². The summed E-state index contributed by atoms with van der Waals surface area (Å²) in [6, 6.07) is 6.16. The lowest BCUT2D eigenvalue weighted by molar-refractivity contribution is -0.142. The van der Waals surface area contributed by atoms with Crippen molar-refractivity contribution in [2.24, 2.45) is 0 Å². The Morgan fingerprint density at radius 1 is 1.50 bits per heavy atom. The summed E-state index contributed by atoms with van der Waals surface area (Å²) in [5.41, 5.74) is 0.568. The monoisotopic (exact) mass is 308 g/mol. The molecule has 1 aliphatic heterocycles. The third kappa shape index (κ3) is 4.27. The number of ether oxygens (including phenoxy) is 1. The average molecular weight is 308 g/mol. The van der Waals surface area contributed by atoms with Gasteiger partial charge in [-0.05, 0) is 38.5 Å². The molecule has 1 unspecified atom stereocenters. The molecule has 4 nitrogen and oxygen atoms in total. The summed E-state index contributed by atoms with van der Waals surface area (Å²) in [5, 5.41) is 0. The SMILES string of the molecule is CC(C(=O)N(C)Cc1cccc(F)c1)N1CCOC(C)(C)C1. The predicted octanol–water partition coefficient (Wildman–Crippen LogP) is 2.28. The van der Waals surface area contributed by atoms with Gasteiger partial charge in [-0.1, -0.05) is 12.1 Å². The van der Waals surface area contributed by atoms with E-state index in [1.165, 1.54) is 12.1 Å². The maximum absolute atomic E-state index is 13.2. The second-order valence-corrected chi connectivity index (χ2v) is 6.58. The molecular formula is C17H25FN2O2. The van der Waals surface area contributed by atoms with Crippen LogP contribution in [0.3, 0.4) is 0 Å². The smallest absolute Gasteiger partial charge is 0.239 e. The molecule has 0 spiro atoms. The van der Waals surface area contributed by atoms with Crippen molar-refractivity contribution in [3.8, 4) is 0 Å². The Hall–Kier alpha value is -1.46. The molecule has 0 bridgehead atoms. The van der Waals surface area contributed by atoms with Crippen LogP contribution in [0.25, 0.3) is 0 Å². The number of nitrogens with zero attached hydrogens (tertiary/aromatic N) is 2. The molecular weight excluding hydrogens is 283 g/mol. The van der Waals surface area contributed by atoms with Gasteiger partial charge in [0.25, 0.3) is 0 Å². The van der Waals surface area contributed by atoms with Crippen molar-refractivity contribution in [2.45, 2.75) is 39.0 Å². The first-order valence-electron chi connectivity index (χ1n) is 7.66. The minimum absolute atomic E-state index is 0.0435. The molecule has 0 aliphatic carbocycles. The molecule has 1 saturated heterocycles.